The molecule has 0 saturated carbocycles. The minimum absolute atomic E-state index is 0.151. The lowest BCUT2D eigenvalue weighted by molar-refractivity contribution is -0.139. The number of nitrogens with two attached hydrogens (primary N) is 1. The third-order valence-corrected chi connectivity index (χ3v) is 6.08. The highest BCUT2D eigenvalue weighted by atomic mass is 16.2. The lowest BCUT2D eigenvalue weighted by atomic mass is 9.98. The minimum Gasteiger partial charge on any atom is -0.340 e. The zero-order valence-corrected chi connectivity index (χ0v) is 15.0. The van der Waals surface area contributed by atoms with Gasteiger partial charge in [-0.05, 0) is 45.2 Å². The van der Waals surface area contributed by atoms with E-state index in [-0.39, 0.29) is 23.8 Å². The number of carbonyl (C=O) groups is 2. The van der Waals surface area contributed by atoms with Gasteiger partial charge in [-0.1, -0.05) is 6.92 Å². The van der Waals surface area contributed by atoms with E-state index in [2.05, 4.69) is 11.8 Å². The van der Waals surface area contributed by atoms with Gasteiger partial charge in [0.25, 0.3) is 0 Å². The highest BCUT2D eigenvalue weighted by molar-refractivity contribution is 5.89. The lowest BCUT2D eigenvalue weighted by Gasteiger charge is -2.36. The standard InChI is InChI=1S/C18H32N4O2/c1-2-20-8-5-7-16(20)13-21-12-14(10-17(21)23)18(24)22-9-4-3-6-15(22)11-19/h14-16H,2-13,19H2,1H3. The molecule has 136 valence electrons. The molecule has 3 saturated heterocycles. The van der Waals surface area contributed by atoms with Crippen molar-refractivity contribution in [2.75, 3.05) is 39.3 Å². The van der Waals surface area contributed by atoms with Gasteiger partial charge in [-0.15, -0.1) is 0 Å². The van der Waals surface area contributed by atoms with E-state index in [0.717, 1.165) is 51.9 Å². The second kappa shape index (κ2) is 7.83. The maximum atomic E-state index is 12.9. The molecule has 2 amide bonds. The maximum absolute atomic E-state index is 12.9. The quantitative estimate of drug-likeness (QED) is 0.801. The fourth-order valence-corrected chi connectivity index (χ4v) is 4.66. The lowest BCUT2D eigenvalue weighted by Crippen LogP contribution is -2.50. The average Bonchev–Trinajstić information content (AvgIpc) is 3.21. The van der Waals surface area contributed by atoms with Gasteiger partial charge in [-0.2, -0.15) is 0 Å². The van der Waals surface area contributed by atoms with Crippen LogP contribution in [0.5, 0.6) is 0 Å². The predicted octanol–water partition coefficient (Wildman–Crippen LogP) is 0.659. The summed E-state index contributed by atoms with van der Waals surface area (Å²) in [5.74, 6) is 0.138. The summed E-state index contributed by atoms with van der Waals surface area (Å²) in [7, 11) is 0. The van der Waals surface area contributed by atoms with Gasteiger partial charge in [0, 0.05) is 44.7 Å². The number of likely N-dealkylation sites (N-methyl/N-ethyl adjacent to an activating group) is 1. The molecule has 0 spiro atoms. The number of rotatable bonds is 5. The Kier molecular flexibility index (Phi) is 5.76. The van der Waals surface area contributed by atoms with Gasteiger partial charge in [-0.3, -0.25) is 14.5 Å². The number of amides is 2. The van der Waals surface area contributed by atoms with Gasteiger partial charge in [-0.25, -0.2) is 0 Å². The summed E-state index contributed by atoms with van der Waals surface area (Å²) in [4.78, 5) is 31.7. The van der Waals surface area contributed by atoms with E-state index in [1.165, 1.54) is 6.42 Å². The highest BCUT2D eigenvalue weighted by Gasteiger charge is 2.40. The normalized spacial score (nSPS) is 31.9. The third kappa shape index (κ3) is 3.59. The van der Waals surface area contributed by atoms with E-state index in [1.54, 1.807) is 0 Å². The van der Waals surface area contributed by atoms with Crippen molar-refractivity contribution in [3.05, 3.63) is 0 Å². The van der Waals surface area contributed by atoms with Crippen molar-refractivity contribution in [3.8, 4) is 0 Å². The van der Waals surface area contributed by atoms with Gasteiger partial charge in [0.1, 0.15) is 0 Å². The zero-order valence-electron chi connectivity index (χ0n) is 15.0. The molecular weight excluding hydrogens is 304 g/mol. The molecule has 3 unspecified atom stereocenters. The topological polar surface area (TPSA) is 69.9 Å². The summed E-state index contributed by atoms with van der Waals surface area (Å²) in [6, 6.07) is 0.639. The zero-order chi connectivity index (χ0) is 17.1. The SMILES string of the molecule is CCN1CCCC1CN1CC(C(=O)N2CCCCC2CN)CC1=O. The molecule has 0 radical (unpaired) electrons. The molecule has 0 aliphatic carbocycles. The molecule has 3 rings (SSSR count). The predicted molar refractivity (Wildman–Crippen MR) is 93.4 cm³/mol. The first-order chi connectivity index (χ1) is 11.6. The molecule has 3 atom stereocenters. The summed E-state index contributed by atoms with van der Waals surface area (Å²) in [5, 5.41) is 0. The van der Waals surface area contributed by atoms with Crippen LogP contribution < -0.4 is 5.73 Å². The molecule has 6 nitrogen and oxygen atoms in total. The van der Waals surface area contributed by atoms with Crippen LogP contribution in [-0.4, -0.2) is 77.9 Å². The molecule has 3 fully saturated rings. The summed E-state index contributed by atoms with van der Waals surface area (Å²) < 4.78 is 0. The van der Waals surface area contributed by atoms with E-state index in [9.17, 15) is 9.59 Å². The number of hydrogen-bond acceptors (Lipinski definition) is 4. The molecule has 24 heavy (non-hydrogen) atoms. The van der Waals surface area contributed by atoms with E-state index in [1.807, 2.05) is 9.80 Å². The molecular formula is C18H32N4O2. The Morgan fingerprint density at radius 2 is 1.96 bits per heavy atom. The van der Waals surface area contributed by atoms with Crippen molar-refractivity contribution in [2.24, 2.45) is 11.7 Å². The molecule has 6 heteroatoms. The molecule has 3 heterocycles. The first kappa shape index (κ1) is 17.7. The fraction of sp³-hybridized carbons (Fsp3) is 0.889. The third-order valence-electron chi connectivity index (χ3n) is 6.08. The Morgan fingerprint density at radius 3 is 2.71 bits per heavy atom. The van der Waals surface area contributed by atoms with E-state index in [0.29, 0.717) is 25.6 Å². The monoisotopic (exact) mass is 336 g/mol. The van der Waals surface area contributed by atoms with Gasteiger partial charge in [0.15, 0.2) is 0 Å². The molecule has 2 N–H and O–H groups in total. The summed E-state index contributed by atoms with van der Waals surface area (Å²) in [6.07, 6.45) is 5.97. The molecule has 3 aliphatic heterocycles. The minimum atomic E-state index is -0.166. The second-order valence-electron chi connectivity index (χ2n) is 7.54. The Hall–Kier alpha value is -1.14. The van der Waals surface area contributed by atoms with Crippen LogP contribution in [0.15, 0.2) is 0 Å². The van der Waals surface area contributed by atoms with Crippen molar-refractivity contribution >= 4 is 11.8 Å². The van der Waals surface area contributed by atoms with E-state index in [4.69, 9.17) is 5.73 Å². The van der Waals surface area contributed by atoms with Crippen LogP contribution in [0.2, 0.25) is 0 Å². The summed E-state index contributed by atoms with van der Waals surface area (Å²) in [6.45, 7) is 7.08. The highest BCUT2D eigenvalue weighted by Crippen LogP contribution is 2.26. The number of hydrogen-bond donors (Lipinski definition) is 1. The van der Waals surface area contributed by atoms with Gasteiger partial charge in [0.05, 0.1) is 5.92 Å². The van der Waals surface area contributed by atoms with Gasteiger partial charge < -0.3 is 15.5 Å². The summed E-state index contributed by atoms with van der Waals surface area (Å²) in [5.41, 5.74) is 5.85. The van der Waals surface area contributed by atoms with Crippen LogP contribution in [0.3, 0.4) is 0 Å². The average molecular weight is 336 g/mol. The van der Waals surface area contributed by atoms with Gasteiger partial charge >= 0.3 is 0 Å². The van der Waals surface area contributed by atoms with Crippen molar-refractivity contribution in [1.29, 1.82) is 0 Å². The molecule has 0 aromatic rings. The smallest absolute Gasteiger partial charge is 0.228 e. The van der Waals surface area contributed by atoms with Crippen LogP contribution in [0, 0.1) is 5.92 Å². The van der Waals surface area contributed by atoms with Crippen molar-refractivity contribution in [2.45, 2.75) is 57.5 Å². The maximum Gasteiger partial charge on any atom is 0.228 e. The van der Waals surface area contributed by atoms with Crippen LogP contribution in [-0.2, 0) is 9.59 Å². The molecule has 0 aromatic heterocycles. The van der Waals surface area contributed by atoms with Crippen molar-refractivity contribution < 1.29 is 9.59 Å². The Balaban J connectivity index is 1.58. The largest absolute Gasteiger partial charge is 0.340 e. The Morgan fingerprint density at radius 1 is 1.17 bits per heavy atom. The molecule has 0 bridgehead atoms. The molecule has 3 aliphatic rings. The Labute approximate surface area is 145 Å². The van der Waals surface area contributed by atoms with Crippen LogP contribution in [0.25, 0.3) is 0 Å². The number of likely N-dealkylation sites (tertiary alicyclic amines) is 3. The van der Waals surface area contributed by atoms with Crippen LogP contribution in [0.1, 0.15) is 45.4 Å². The first-order valence-electron chi connectivity index (χ1n) is 9.66. The van der Waals surface area contributed by atoms with E-state index >= 15 is 0 Å². The number of carbonyl (C=O) groups excluding carboxylic acids is 2. The fourth-order valence-electron chi connectivity index (χ4n) is 4.66. The first-order valence-corrected chi connectivity index (χ1v) is 9.66. The van der Waals surface area contributed by atoms with E-state index < -0.39 is 0 Å². The summed E-state index contributed by atoms with van der Waals surface area (Å²) >= 11 is 0. The molecule has 0 aromatic carbocycles. The van der Waals surface area contributed by atoms with Crippen molar-refractivity contribution in [1.82, 2.24) is 14.7 Å². The number of nitrogens with zero attached hydrogens (tertiary/aromatic N) is 3. The van der Waals surface area contributed by atoms with Crippen LogP contribution >= 0.6 is 0 Å². The Bertz CT molecular complexity index is 470. The van der Waals surface area contributed by atoms with Crippen molar-refractivity contribution in [3.63, 3.8) is 0 Å². The van der Waals surface area contributed by atoms with Gasteiger partial charge in [0.2, 0.25) is 11.8 Å². The van der Waals surface area contributed by atoms with Crippen LogP contribution in [0.4, 0.5) is 0 Å². The second-order valence-corrected chi connectivity index (χ2v) is 7.54. The number of piperidine rings is 1.